The van der Waals surface area contributed by atoms with Crippen molar-refractivity contribution in [2.24, 2.45) is 10.8 Å². The first-order valence-corrected chi connectivity index (χ1v) is 6.49. The summed E-state index contributed by atoms with van der Waals surface area (Å²) in [5.74, 6) is 0. The third-order valence-electron chi connectivity index (χ3n) is 4.91. The Morgan fingerprint density at radius 2 is 1.78 bits per heavy atom. The lowest BCUT2D eigenvalue weighted by molar-refractivity contribution is -0.311. The van der Waals surface area contributed by atoms with Crippen LogP contribution >= 0.6 is 0 Å². The molecule has 1 saturated heterocycles. The van der Waals surface area contributed by atoms with Crippen LogP contribution in [0.4, 0.5) is 0 Å². The third-order valence-corrected chi connectivity index (χ3v) is 4.91. The fraction of sp³-hybridized carbons (Fsp3) is 1.00. The Balaban J connectivity index is 2.48. The second kappa shape index (κ2) is 4.15. The summed E-state index contributed by atoms with van der Waals surface area (Å²) in [6.07, 6.45) is -2.69. The minimum Gasteiger partial charge on any atom is -0.396 e. The molecule has 5 nitrogen and oxygen atoms in total. The van der Waals surface area contributed by atoms with Crippen LogP contribution in [0.3, 0.4) is 0 Å². The predicted octanol–water partition coefficient (Wildman–Crippen LogP) is -0.343. The molecule has 2 aliphatic rings. The molecule has 2 bridgehead atoms. The van der Waals surface area contributed by atoms with Crippen LogP contribution in [0.2, 0.25) is 0 Å². The Hall–Kier alpha value is -0.200. The third kappa shape index (κ3) is 1.65. The van der Waals surface area contributed by atoms with Crippen molar-refractivity contribution in [1.29, 1.82) is 0 Å². The molecule has 1 unspecified atom stereocenters. The van der Waals surface area contributed by atoms with Gasteiger partial charge in [0, 0.05) is 12.0 Å². The Morgan fingerprint density at radius 3 is 2.28 bits per heavy atom. The standard InChI is InChI=1S/C13H24O5/c1-11(2,3)13-6-12(7-14,4-5-18-13)9(16)8(15)10(13)17/h8-10,14-17H,4-7H2,1-3H3/t8-,9-,10+,12+,13?/m0/s1. The van der Waals surface area contributed by atoms with Crippen molar-refractivity contribution in [2.75, 3.05) is 13.2 Å². The molecule has 4 N–H and O–H groups in total. The van der Waals surface area contributed by atoms with Gasteiger partial charge in [-0.25, -0.2) is 0 Å². The zero-order chi connectivity index (χ0) is 13.8. The van der Waals surface area contributed by atoms with Crippen LogP contribution in [-0.4, -0.2) is 57.6 Å². The highest BCUT2D eigenvalue weighted by atomic mass is 16.5. The molecule has 0 spiro atoms. The highest BCUT2D eigenvalue weighted by Gasteiger charge is 2.65. The van der Waals surface area contributed by atoms with E-state index in [-0.39, 0.29) is 6.61 Å². The van der Waals surface area contributed by atoms with Gasteiger partial charge in [0.1, 0.15) is 17.8 Å². The molecule has 0 radical (unpaired) electrons. The number of fused-ring (bicyclic) bond motifs is 2. The van der Waals surface area contributed by atoms with E-state index in [1.807, 2.05) is 20.8 Å². The average Bonchev–Trinajstić information content (AvgIpc) is 2.33. The van der Waals surface area contributed by atoms with Crippen LogP contribution in [0.15, 0.2) is 0 Å². The number of aliphatic hydroxyl groups excluding tert-OH is 4. The molecule has 106 valence electrons. The fourth-order valence-corrected chi connectivity index (χ4v) is 3.51. The summed E-state index contributed by atoms with van der Waals surface area (Å²) in [5, 5.41) is 40.2. The summed E-state index contributed by atoms with van der Waals surface area (Å²) in [6, 6.07) is 0. The molecule has 1 heterocycles. The molecule has 5 atom stereocenters. The second-order valence-electron chi connectivity index (χ2n) is 6.82. The summed E-state index contributed by atoms with van der Waals surface area (Å²) in [5.41, 5.74) is -2.09. The van der Waals surface area contributed by atoms with E-state index in [0.29, 0.717) is 19.4 Å². The molecule has 0 aromatic heterocycles. The first-order valence-electron chi connectivity index (χ1n) is 6.49. The molecular formula is C13H24O5. The SMILES string of the molecule is CC(C)(C)C12C[C@@](CO)(CCO1)[C@@H](O)[C@H](O)[C@H]2O. The molecule has 0 aromatic rings. The maximum absolute atomic E-state index is 10.3. The average molecular weight is 260 g/mol. The molecule has 1 aliphatic carbocycles. The van der Waals surface area contributed by atoms with E-state index in [4.69, 9.17) is 4.74 Å². The van der Waals surface area contributed by atoms with Gasteiger partial charge < -0.3 is 25.2 Å². The summed E-state index contributed by atoms with van der Waals surface area (Å²) in [4.78, 5) is 0. The Bertz CT molecular complexity index is 326. The van der Waals surface area contributed by atoms with Gasteiger partial charge >= 0.3 is 0 Å². The van der Waals surface area contributed by atoms with Crippen LogP contribution in [0.1, 0.15) is 33.6 Å². The van der Waals surface area contributed by atoms with Gasteiger partial charge in [-0.05, 0) is 18.3 Å². The second-order valence-corrected chi connectivity index (χ2v) is 6.82. The number of ether oxygens (including phenoxy) is 1. The Kier molecular flexibility index (Phi) is 3.28. The lowest BCUT2D eigenvalue weighted by atomic mass is 9.54. The molecule has 0 amide bonds. The van der Waals surface area contributed by atoms with Gasteiger partial charge in [-0.1, -0.05) is 20.8 Å². The largest absolute Gasteiger partial charge is 0.396 e. The molecule has 0 aromatic carbocycles. The highest BCUT2D eigenvalue weighted by molar-refractivity contribution is 5.15. The highest BCUT2D eigenvalue weighted by Crippen LogP contribution is 2.55. The van der Waals surface area contributed by atoms with Crippen molar-refractivity contribution in [3.8, 4) is 0 Å². The summed E-state index contributed by atoms with van der Waals surface area (Å²) in [7, 11) is 0. The van der Waals surface area contributed by atoms with Crippen molar-refractivity contribution in [1.82, 2.24) is 0 Å². The Labute approximate surface area is 107 Å². The van der Waals surface area contributed by atoms with Crippen LogP contribution in [0, 0.1) is 10.8 Å². The van der Waals surface area contributed by atoms with Crippen molar-refractivity contribution in [3.63, 3.8) is 0 Å². The van der Waals surface area contributed by atoms with E-state index in [2.05, 4.69) is 0 Å². The molecule has 2 rings (SSSR count). The van der Waals surface area contributed by atoms with E-state index in [9.17, 15) is 20.4 Å². The number of rotatable bonds is 1. The normalized spacial score (nSPS) is 49.2. The first-order chi connectivity index (χ1) is 8.20. The van der Waals surface area contributed by atoms with Crippen LogP contribution in [0.25, 0.3) is 0 Å². The summed E-state index contributed by atoms with van der Waals surface area (Å²) < 4.78 is 5.83. The van der Waals surface area contributed by atoms with E-state index >= 15 is 0 Å². The monoisotopic (exact) mass is 260 g/mol. The van der Waals surface area contributed by atoms with Gasteiger partial charge in [0.15, 0.2) is 0 Å². The summed E-state index contributed by atoms with van der Waals surface area (Å²) in [6.45, 7) is 5.98. The van der Waals surface area contributed by atoms with E-state index in [0.717, 1.165) is 0 Å². The topological polar surface area (TPSA) is 90.2 Å². The fourth-order valence-electron chi connectivity index (χ4n) is 3.51. The smallest absolute Gasteiger partial charge is 0.112 e. The van der Waals surface area contributed by atoms with Gasteiger partial charge in [0.2, 0.25) is 0 Å². The van der Waals surface area contributed by atoms with Crippen molar-refractivity contribution in [3.05, 3.63) is 0 Å². The lowest BCUT2D eigenvalue weighted by Gasteiger charge is -2.61. The van der Waals surface area contributed by atoms with Gasteiger partial charge in [0.25, 0.3) is 0 Å². The number of hydrogen-bond acceptors (Lipinski definition) is 5. The maximum Gasteiger partial charge on any atom is 0.112 e. The number of aliphatic hydroxyl groups is 4. The maximum atomic E-state index is 10.3. The molecule has 1 aliphatic heterocycles. The minimum absolute atomic E-state index is 0.209. The van der Waals surface area contributed by atoms with Gasteiger partial charge in [-0.2, -0.15) is 0 Å². The minimum atomic E-state index is -1.29. The molecule has 2 fully saturated rings. The van der Waals surface area contributed by atoms with Crippen LogP contribution in [-0.2, 0) is 4.74 Å². The predicted molar refractivity (Wildman–Crippen MR) is 64.9 cm³/mol. The molecular weight excluding hydrogens is 236 g/mol. The molecule has 5 heteroatoms. The molecule has 18 heavy (non-hydrogen) atoms. The zero-order valence-corrected chi connectivity index (χ0v) is 11.3. The van der Waals surface area contributed by atoms with E-state index in [1.54, 1.807) is 0 Å². The lowest BCUT2D eigenvalue weighted by Crippen LogP contribution is -2.73. The summed E-state index contributed by atoms with van der Waals surface area (Å²) >= 11 is 0. The van der Waals surface area contributed by atoms with Crippen LogP contribution in [0.5, 0.6) is 0 Å². The van der Waals surface area contributed by atoms with E-state index < -0.39 is 34.7 Å². The number of hydrogen-bond donors (Lipinski definition) is 4. The first kappa shape index (κ1) is 14.2. The van der Waals surface area contributed by atoms with Crippen molar-refractivity contribution < 1.29 is 25.2 Å². The van der Waals surface area contributed by atoms with E-state index in [1.165, 1.54) is 0 Å². The van der Waals surface area contributed by atoms with Crippen LogP contribution < -0.4 is 0 Å². The quantitative estimate of drug-likeness (QED) is 0.518. The molecule has 1 saturated carbocycles. The van der Waals surface area contributed by atoms with Gasteiger partial charge in [-0.15, -0.1) is 0 Å². The van der Waals surface area contributed by atoms with Crippen molar-refractivity contribution in [2.45, 2.75) is 57.5 Å². The van der Waals surface area contributed by atoms with Crippen molar-refractivity contribution >= 4 is 0 Å². The van der Waals surface area contributed by atoms with Gasteiger partial charge in [0.05, 0.1) is 12.7 Å². The zero-order valence-electron chi connectivity index (χ0n) is 11.3. The van der Waals surface area contributed by atoms with Gasteiger partial charge in [-0.3, -0.25) is 0 Å². The Morgan fingerprint density at radius 1 is 1.17 bits per heavy atom.